The molecule has 0 bridgehead atoms. The summed E-state index contributed by atoms with van der Waals surface area (Å²) >= 11 is -1.63. The minimum absolute atomic E-state index is 0.428. The van der Waals surface area contributed by atoms with Crippen molar-refractivity contribution < 1.29 is 9.90 Å². The molecule has 2 nitrogen and oxygen atoms in total. The predicted molar refractivity (Wildman–Crippen MR) is 59.8 cm³/mol. The van der Waals surface area contributed by atoms with Gasteiger partial charge in [0, 0.05) is 0 Å². The molecule has 78 valence electrons. The van der Waals surface area contributed by atoms with Gasteiger partial charge in [-0.2, -0.15) is 0 Å². The molecule has 0 saturated heterocycles. The standard InChI is InChI=1S/C7H10O2.C4H9.In/c1-2-3-4-5-6-7(8)9;1-4(2)3;/h1-2,5H,3-4,6H2,(H,8,9);4H,1H2,2-3H3;. The molecule has 0 aromatic rings. The monoisotopic (exact) mass is 298 g/mol. The third-order valence-electron chi connectivity index (χ3n) is 2.87. The zero-order valence-electron chi connectivity index (χ0n) is 9.07. The van der Waals surface area contributed by atoms with E-state index in [1.54, 1.807) is 0 Å². The van der Waals surface area contributed by atoms with Gasteiger partial charge >= 0.3 is 94.1 Å². The number of hydrogen-bond acceptors (Lipinski definition) is 1. The van der Waals surface area contributed by atoms with Gasteiger partial charge in [0.2, 0.25) is 0 Å². The number of carboxylic acid groups (broad SMARTS) is 1. The van der Waals surface area contributed by atoms with E-state index in [-0.39, 0.29) is 0 Å². The van der Waals surface area contributed by atoms with Gasteiger partial charge in [0.1, 0.15) is 0 Å². The summed E-state index contributed by atoms with van der Waals surface area (Å²) < 4.78 is 4.33. The molecule has 0 aromatic heterocycles. The summed E-state index contributed by atoms with van der Waals surface area (Å²) in [4.78, 5) is 10.7. The van der Waals surface area contributed by atoms with Crippen LogP contribution in [0.15, 0.2) is 9.91 Å². The van der Waals surface area contributed by atoms with Crippen LogP contribution in [0.5, 0.6) is 0 Å². The Bertz CT molecular complexity index is 223. The van der Waals surface area contributed by atoms with Crippen LogP contribution in [0.2, 0.25) is 7.85 Å². The first-order valence-electron chi connectivity index (χ1n) is 5.48. The Balaban J connectivity index is 2.53. The van der Waals surface area contributed by atoms with E-state index in [2.05, 4.69) is 23.8 Å². The Morgan fingerprint density at radius 3 is 2.93 bits per heavy atom. The Kier molecular flexibility index (Phi) is 5.07. The number of carboxylic acids is 1. The van der Waals surface area contributed by atoms with E-state index in [1.807, 2.05) is 0 Å². The van der Waals surface area contributed by atoms with Crippen molar-refractivity contribution in [3.63, 3.8) is 0 Å². The summed E-state index contributed by atoms with van der Waals surface area (Å²) in [6.07, 6.45) is 4.96. The molecule has 0 saturated carbocycles. The zero-order chi connectivity index (χ0) is 10.6. The maximum atomic E-state index is 10.7. The molecule has 1 aliphatic rings. The molecule has 3 heteroatoms. The van der Waals surface area contributed by atoms with Crippen LogP contribution in [0.25, 0.3) is 0 Å². The van der Waals surface area contributed by atoms with E-state index < -0.39 is 27.4 Å². The van der Waals surface area contributed by atoms with E-state index in [4.69, 9.17) is 5.11 Å². The molecular formula is C11H19InO2. The fourth-order valence-electron chi connectivity index (χ4n) is 2.25. The molecule has 1 atom stereocenters. The predicted octanol–water partition coefficient (Wildman–Crippen LogP) is 2.87. The van der Waals surface area contributed by atoms with Gasteiger partial charge in [-0.1, -0.05) is 0 Å². The molecule has 0 radical (unpaired) electrons. The molecule has 0 unspecified atom stereocenters. The van der Waals surface area contributed by atoms with E-state index in [9.17, 15) is 4.79 Å². The Labute approximate surface area is 93.9 Å². The normalized spacial score (nSPS) is 21.6. The SMILES string of the molecule is CC(C)[CH2][In]1[CH]=CCC[C@@H]1CC(=O)O. The van der Waals surface area contributed by atoms with Crippen LogP contribution < -0.4 is 0 Å². The van der Waals surface area contributed by atoms with Crippen molar-refractivity contribution in [2.75, 3.05) is 0 Å². The van der Waals surface area contributed by atoms with Crippen molar-refractivity contribution in [2.45, 2.75) is 41.0 Å². The average molecular weight is 298 g/mol. The van der Waals surface area contributed by atoms with E-state index in [0.717, 1.165) is 18.8 Å². The second-order valence-corrected chi connectivity index (χ2v) is 13.6. The van der Waals surface area contributed by atoms with Crippen molar-refractivity contribution in [1.29, 1.82) is 0 Å². The van der Waals surface area contributed by atoms with E-state index in [0.29, 0.717) is 10.1 Å². The van der Waals surface area contributed by atoms with Gasteiger partial charge in [-0.25, -0.2) is 0 Å². The fourth-order valence-corrected chi connectivity index (χ4v) is 12.6. The third kappa shape index (κ3) is 4.07. The topological polar surface area (TPSA) is 37.3 Å². The number of aliphatic carboxylic acids is 1. The first-order chi connectivity index (χ1) is 6.59. The Morgan fingerprint density at radius 1 is 1.64 bits per heavy atom. The molecule has 0 spiro atoms. The fraction of sp³-hybridized carbons (Fsp3) is 0.727. The minimum atomic E-state index is -1.63. The molecule has 0 aliphatic carbocycles. The number of rotatable bonds is 4. The molecule has 1 rings (SSSR count). The molecular weight excluding hydrogens is 279 g/mol. The van der Waals surface area contributed by atoms with Crippen LogP contribution in [-0.4, -0.2) is 32.5 Å². The van der Waals surface area contributed by atoms with E-state index in [1.165, 1.54) is 4.18 Å². The molecule has 0 amide bonds. The average Bonchev–Trinajstić information content (AvgIpc) is 2.06. The molecule has 1 heterocycles. The van der Waals surface area contributed by atoms with Gasteiger partial charge in [0.05, 0.1) is 0 Å². The molecule has 0 fully saturated rings. The number of carbonyl (C=O) groups is 1. The molecule has 0 aromatic carbocycles. The third-order valence-corrected chi connectivity index (χ3v) is 14.4. The van der Waals surface area contributed by atoms with Gasteiger partial charge in [0.15, 0.2) is 0 Å². The Morgan fingerprint density at radius 2 is 2.36 bits per heavy atom. The molecule has 1 aliphatic heterocycles. The molecule has 14 heavy (non-hydrogen) atoms. The first-order valence-corrected chi connectivity index (χ1v) is 11.6. The maximum absolute atomic E-state index is 10.7. The van der Waals surface area contributed by atoms with Crippen LogP contribution >= 0.6 is 0 Å². The van der Waals surface area contributed by atoms with Crippen LogP contribution in [0.3, 0.4) is 0 Å². The Hall–Kier alpha value is 0.0801. The number of allylic oxidation sites excluding steroid dienone is 1. The first kappa shape index (κ1) is 12.2. The van der Waals surface area contributed by atoms with E-state index >= 15 is 0 Å². The zero-order valence-corrected chi connectivity index (χ0v) is 12.4. The second-order valence-electron chi connectivity index (χ2n) is 4.66. The summed E-state index contributed by atoms with van der Waals surface area (Å²) in [5.74, 6) is 0.144. The summed E-state index contributed by atoms with van der Waals surface area (Å²) in [5.41, 5.74) is 0. The number of hydrogen-bond donors (Lipinski definition) is 1. The van der Waals surface area contributed by atoms with Crippen molar-refractivity contribution in [3.05, 3.63) is 9.91 Å². The van der Waals surface area contributed by atoms with Gasteiger partial charge in [-0.05, 0) is 0 Å². The van der Waals surface area contributed by atoms with Crippen molar-refractivity contribution >= 4 is 27.4 Å². The van der Waals surface area contributed by atoms with Crippen molar-refractivity contribution in [3.8, 4) is 0 Å². The van der Waals surface area contributed by atoms with Gasteiger partial charge in [0.25, 0.3) is 0 Å². The van der Waals surface area contributed by atoms with Crippen LogP contribution in [0.4, 0.5) is 0 Å². The van der Waals surface area contributed by atoms with Crippen LogP contribution in [0, 0.1) is 5.92 Å². The van der Waals surface area contributed by atoms with Crippen LogP contribution in [-0.2, 0) is 4.79 Å². The van der Waals surface area contributed by atoms with Gasteiger partial charge in [-0.3, -0.25) is 0 Å². The molecule has 1 N–H and O–H groups in total. The summed E-state index contributed by atoms with van der Waals surface area (Å²) in [7, 11) is 0. The second kappa shape index (κ2) is 5.84. The summed E-state index contributed by atoms with van der Waals surface area (Å²) in [6, 6.07) is 0. The quantitative estimate of drug-likeness (QED) is 0.866. The van der Waals surface area contributed by atoms with Crippen molar-refractivity contribution in [1.82, 2.24) is 0 Å². The van der Waals surface area contributed by atoms with Gasteiger partial charge in [-0.15, -0.1) is 0 Å². The van der Waals surface area contributed by atoms with Crippen molar-refractivity contribution in [2.24, 2.45) is 5.92 Å². The summed E-state index contributed by atoms with van der Waals surface area (Å²) in [6.45, 7) is 4.49. The van der Waals surface area contributed by atoms with Crippen LogP contribution in [0.1, 0.15) is 33.1 Å². The van der Waals surface area contributed by atoms with Gasteiger partial charge < -0.3 is 0 Å². The summed E-state index contributed by atoms with van der Waals surface area (Å²) in [5, 5.41) is 8.83.